The minimum Gasteiger partial charge on any atom is -0.474 e. The molecule has 28 heavy (non-hydrogen) atoms. The van der Waals surface area contributed by atoms with Gasteiger partial charge >= 0.3 is 6.09 Å². The lowest BCUT2D eigenvalue weighted by molar-refractivity contribution is 0.0507. The van der Waals surface area contributed by atoms with Gasteiger partial charge < -0.3 is 19.7 Å². The molecule has 1 aromatic carbocycles. The summed E-state index contributed by atoms with van der Waals surface area (Å²) in [4.78, 5) is 22.1. The summed E-state index contributed by atoms with van der Waals surface area (Å²) in [5, 5.41) is 3.20. The Balaban J connectivity index is 1.57. The summed E-state index contributed by atoms with van der Waals surface area (Å²) in [5.41, 5.74) is 1.55. The van der Waals surface area contributed by atoms with E-state index < -0.39 is 0 Å². The Hall–Kier alpha value is -3.27. The van der Waals surface area contributed by atoms with Crippen LogP contribution in [0.15, 0.2) is 36.7 Å². The molecule has 2 aromatic rings. The van der Waals surface area contributed by atoms with Crippen molar-refractivity contribution in [3.8, 4) is 18.2 Å². The first kappa shape index (κ1) is 19.5. The lowest BCUT2D eigenvalue weighted by atomic mass is 10.1. The van der Waals surface area contributed by atoms with E-state index >= 15 is 0 Å². The van der Waals surface area contributed by atoms with Crippen LogP contribution >= 0.6 is 0 Å². The highest BCUT2D eigenvalue weighted by Gasteiger charge is 2.25. The van der Waals surface area contributed by atoms with Gasteiger partial charge in [-0.1, -0.05) is 18.1 Å². The summed E-state index contributed by atoms with van der Waals surface area (Å²) in [5.74, 6) is 3.73. The van der Waals surface area contributed by atoms with E-state index in [2.05, 4.69) is 21.2 Å². The van der Waals surface area contributed by atoms with E-state index in [0.717, 1.165) is 24.1 Å². The predicted octanol–water partition coefficient (Wildman–Crippen LogP) is 3.59. The molecule has 1 amide bonds. The average Bonchev–Trinajstić information content (AvgIpc) is 2.69. The molecule has 0 atom stereocenters. The number of rotatable bonds is 5. The number of carbonyl (C=O) groups is 1. The first-order valence-corrected chi connectivity index (χ1v) is 9.32. The fraction of sp³-hybridized carbons (Fsp3) is 0.381. The van der Waals surface area contributed by atoms with E-state index in [0.29, 0.717) is 24.8 Å². The first-order valence-electron chi connectivity index (χ1n) is 9.32. The highest BCUT2D eigenvalue weighted by atomic mass is 16.6. The Bertz CT molecular complexity index is 855. The zero-order valence-corrected chi connectivity index (χ0v) is 16.1. The maximum Gasteiger partial charge on any atom is 0.410 e. The zero-order chi connectivity index (χ0) is 19.9. The number of carbonyl (C=O) groups excluding carboxylic acids is 1. The maximum atomic E-state index is 12.0. The van der Waals surface area contributed by atoms with Gasteiger partial charge in [0.25, 0.3) is 0 Å². The highest BCUT2D eigenvalue weighted by Crippen LogP contribution is 2.23. The molecule has 0 unspecified atom stereocenters. The number of ether oxygens (including phenoxy) is 2. The predicted molar refractivity (Wildman–Crippen MR) is 107 cm³/mol. The third-order valence-corrected chi connectivity index (χ3v) is 4.31. The molecular formula is C21H24N4O3. The van der Waals surface area contributed by atoms with Crippen molar-refractivity contribution in [1.29, 1.82) is 0 Å². The van der Waals surface area contributed by atoms with Crippen molar-refractivity contribution in [2.45, 2.75) is 38.9 Å². The number of hydrogen-bond acceptors (Lipinski definition) is 6. The van der Waals surface area contributed by atoms with Crippen molar-refractivity contribution in [2.24, 2.45) is 0 Å². The number of benzene rings is 1. The Labute approximate surface area is 165 Å². The molecule has 1 fully saturated rings. The van der Waals surface area contributed by atoms with Crippen LogP contribution in [0.3, 0.4) is 0 Å². The molecule has 1 N–H and O–H groups in total. The van der Waals surface area contributed by atoms with Crippen molar-refractivity contribution >= 4 is 17.6 Å². The number of hydrogen-bond donors (Lipinski definition) is 1. The lowest BCUT2D eigenvalue weighted by Crippen LogP contribution is -2.42. The highest BCUT2D eigenvalue weighted by molar-refractivity contribution is 5.68. The van der Waals surface area contributed by atoms with Gasteiger partial charge in [0.05, 0.1) is 11.8 Å². The summed E-state index contributed by atoms with van der Waals surface area (Å²) in [6, 6.07) is 9.29. The van der Waals surface area contributed by atoms with Gasteiger partial charge in [-0.25, -0.2) is 14.8 Å². The van der Waals surface area contributed by atoms with Crippen LogP contribution in [0.2, 0.25) is 0 Å². The topological polar surface area (TPSA) is 76.6 Å². The van der Waals surface area contributed by atoms with Gasteiger partial charge in [0.15, 0.2) is 0 Å². The molecule has 7 heteroatoms. The summed E-state index contributed by atoms with van der Waals surface area (Å²) in [6.45, 7) is 4.89. The van der Waals surface area contributed by atoms with E-state index in [-0.39, 0.29) is 18.3 Å². The molecule has 0 bridgehead atoms. The largest absolute Gasteiger partial charge is 0.474 e. The molecule has 3 rings (SSSR count). The number of likely N-dealkylation sites (tertiary alicyclic amines) is 1. The fourth-order valence-electron chi connectivity index (χ4n) is 2.93. The van der Waals surface area contributed by atoms with Crippen molar-refractivity contribution < 1.29 is 14.3 Å². The number of aromatic nitrogens is 2. The van der Waals surface area contributed by atoms with Crippen LogP contribution in [0, 0.1) is 12.3 Å². The van der Waals surface area contributed by atoms with E-state index in [4.69, 9.17) is 15.9 Å². The summed E-state index contributed by atoms with van der Waals surface area (Å²) < 4.78 is 11.2. The normalized spacial score (nSPS) is 14.4. The third-order valence-electron chi connectivity index (χ3n) is 4.31. The van der Waals surface area contributed by atoms with Crippen LogP contribution in [0.4, 0.5) is 16.3 Å². The minimum atomic E-state index is -0.269. The molecule has 1 aliphatic heterocycles. The second-order valence-corrected chi connectivity index (χ2v) is 6.79. The van der Waals surface area contributed by atoms with Crippen LogP contribution in [-0.2, 0) is 4.74 Å². The van der Waals surface area contributed by atoms with E-state index in [9.17, 15) is 4.79 Å². The molecule has 0 aliphatic carbocycles. The van der Waals surface area contributed by atoms with Crippen LogP contribution in [0.1, 0.15) is 32.3 Å². The molecule has 0 radical (unpaired) electrons. The zero-order valence-electron chi connectivity index (χ0n) is 16.1. The fourth-order valence-corrected chi connectivity index (χ4v) is 2.93. The Morgan fingerprint density at radius 1 is 1.29 bits per heavy atom. The standard InChI is InChI=1S/C21H24N4O3/c1-4-16-7-5-6-8-18(16)24-19-13-20(23-14-22-19)28-17-9-11-25(12-10-17)21(26)27-15(2)3/h1,5-8,13-15,17H,9-12H2,2-3H3,(H,22,23,24). The number of amides is 1. The van der Waals surface area contributed by atoms with Gasteiger partial charge in [0.2, 0.25) is 5.88 Å². The summed E-state index contributed by atoms with van der Waals surface area (Å²) >= 11 is 0. The molecular weight excluding hydrogens is 356 g/mol. The number of anilines is 2. The Morgan fingerprint density at radius 2 is 2.04 bits per heavy atom. The monoisotopic (exact) mass is 380 g/mol. The quantitative estimate of drug-likeness (QED) is 0.799. The molecule has 1 aromatic heterocycles. The molecule has 7 nitrogen and oxygen atoms in total. The van der Waals surface area contributed by atoms with Crippen molar-refractivity contribution in [1.82, 2.24) is 14.9 Å². The average molecular weight is 380 g/mol. The lowest BCUT2D eigenvalue weighted by Gasteiger charge is -2.31. The smallest absolute Gasteiger partial charge is 0.410 e. The van der Waals surface area contributed by atoms with Gasteiger partial charge in [0.1, 0.15) is 18.2 Å². The molecule has 1 saturated heterocycles. The minimum absolute atomic E-state index is 0.0103. The van der Waals surface area contributed by atoms with Crippen LogP contribution < -0.4 is 10.1 Å². The van der Waals surface area contributed by atoms with Crippen LogP contribution in [0.5, 0.6) is 5.88 Å². The van der Waals surface area contributed by atoms with E-state index in [1.54, 1.807) is 11.0 Å². The molecule has 1 aliphatic rings. The Kier molecular flexibility index (Phi) is 6.33. The Morgan fingerprint density at radius 3 is 2.75 bits per heavy atom. The van der Waals surface area contributed by atoms with E-state index in [1.807, 2.05) is 38.1 Å². The molecule has 0 spiro atoms. The first-order chi connectivity index (χ1) is 13.5. The molecule has 146 valence electrons. The third kappa shape index (κ3) is 5.13. The second-order valence-electron chi connectivity index (χ2n) is 6.79. The molecule has 0 saturated carbocycles. The number of para-hydroxylation sites is 1. The van der Waals surface area contributed by atoms with Crippen molar-refractivity contribution in [3.63, 3.8) is 0 Å². The van der Waals surface area contributed by atoms with E-state index in [1.165, 1.54) is 6.33 Å². The maximum absolute atomic E-state index is 12.0. The van der Waals surface area contributed by atoms with Gasteiger partial charge in [-0.3, -0.25) is 0 Å². The number of nitrogens with one attached hydrogen (secondary N) is 1. The molecule has 2 heterocycles. The number of piperidine rings is 1. The van der Waals surface area contributed by atoms with Gasteiger partial charge in [-0.15, -0.1) is 6.42 Å². The van der Waals surface area contributed by atoms with Gasteiger partial charge in [0, 0.05) is 37.6 Å². The van der Waals surface area contributed by atoms with Crippen LogP contribution in [-0.4, -0.2) is 46.3 Å². The number of terminal acetylenes is 1. The van der Waals surface area contributed by atoms with Crippen LogP contribution in [0.25, 0.3) is 0 Å². The second kappa shape index (κ2) is 9.09. The van der Waals surface area contributed by atoms with Gasteiger partial charge in [-0.05, 0) is 26.0 Å². The van der Waals surface area contributed by atoms with Gasteiger partial charge in [-0.2, -0.15) is 0 Å². The van der Waals surface area contributed by atoms with Crippen molar-refractivity contribution in [2.75, 3.05) is 18.4 Å². The summed E-state index contributed by atoms with van der Waals surface area (Å²) in [7, 11) is 0. The SMILES string of the molecule is C#Cc1ccccc1Nc1cc(OC2CCN(C(=O)OC(C)C)CC2)ncn1. The number of nitrogens with zero attached hydrogens (tertiary/aromatic N) is 3. The summed E-state index contributed by atoms with van der Waals surface area (Å²) in [6.07, 6.45) is 8.03. The van der Waals surface area contributed by atoms with Crippen molar-refractivity contribution in [3.05, 3.63) is 42.2 Å².